The Hall–Kier alpha value is -0.0800. The van der Waals surface area contributed by atoms with E-state index in [0.29, 0.717) is 0 Å². The van der Waals surface area contributed by atoms with Gasteiger partial charge in [-0.3, -0.25) is 0 Å². The van der Waals surface area contributed by atoms with Crippen molar-refractivity contribution in [1.29, 1.82) is 0 Å². The largest absolute Gasteiger partial charge is 0.316 e. The van der Waals surface area contributed by atoms with E-state index in [4.69, 9.17) is 0 Å². The lowest BCUT2D eigenvalue weighted by atomic mass is 9.89. The molecule has 1 unspecified atom stereocenters. The molecule has 0 radical (unpaired) electrons. The average Bonchev–Trinajstić information content (AvgIpc) is 2.42. The van der Waals surface area contributed by atoms with E-state index in [1.54, 1.807) is 0 Å². The van der Waals surface area contributed by atoms with Crippen LogP contribution in [-0.2, 0) is 0 Å². The lowest BCUT2D eigenvalue weighted by molar-refractivity contribution is 0.158. The Labute approximate surface area is 114 Å². The third kappa shape index (κ3) is 4.89. The molecule has 1 atom stereocenters. The van der Waals surface area contributed by atoms with Crippen LogP contribution in [0.4, 0.5) is 0 Å². The maximum absolute atomic E-state index is 3.68. The molecular formula is C16H32N2. The first-order chi connectivity index (χ1) is 8.86. The van der Waals surface area contributed by atoms with E-state index in [-0.39, 0.29) is 0 Å². The summed E-state index contributed by atoms with van der Waals surface area (Å²) in [5, 5.41) is 3.68. The van der Waals surface area contributed by atoms with Gasteiger partial charge in [0, 0.05) is 6.04 Å². The molecule has 1 heterocycles. The van der Waals surface area contributed by atoms with Gasteiger partial charge in [-0.25, -0.2) is 0 Å². The van der Waals surface area contributed by atoms with E-state index in [0.717, 1.165) is 12.0 Å². The molecule has 2 rings (SSSR count). The van der Waals surface area contributed by atoms with Crippen molar-refractivity contribution in [2.24, 2.45) is 5.92 Å². The number of nitrogens with zero attached hydrogens (tertiary/aromatic N) is 1. The van der Waals surface area contributed by atoms with Gasteiger partial charge in [0.2, 0.25) is 0 Å². The van der Waals surface area contributed by atoms with Crippen LogP contribution < -0.4 is 5.32 Å². The van der Waals surface area contributed by atoms with Crippen LogP contribution in [0, 0.1) is 5.92 Å². The van der Waals surface area contributed by atoms with E-state index in [1.807, 2.05) is 0 Å². The number of hydrogen-bond donors (Lipinski definition) is 1. The molecule has 2 nitrogen and oxygen atoms in total. The van der Waals surface area contributed by atoms with Gasteiger partial charge in [0.25, 0.3) is 0 Å². The van der Waals surface area contributed by atoms with Gasteiger partial charge in [0.15, 0.2) is 0 Å². The van der Waals surface area contributed by atoms with Gasteiger partial charge in [0.1, 0.15) is 0 Å². The van der Waals surface area contributed by atoms with Gasteiger partial charge < -0.3 is 10.2 Å². The fraction of sp³-hybridized carbons (Fsp3) is 1.00. The number of hydrogen-bond acceptors (Lipinski definition) is 2. The van der Waals surface area contributed by atoms with Crippen molar-refractivity contribution >= 4 is 0 Å². The molecular weight excluding hydrogens is 220 g/mol. The predicted molar refractivity (Wildman–Crippen MR) is 78.9 cm³/mol. The summed E-state index contributed by atoms with van der Waals surface area (Å²) in [6, 6.07) is 0.831. The van der Waals surface area contributed by atoms with Gasteiger partial charge in [0.05, 0.1) is 0 Å². The standard InChI is InChI=1S/C16H32N2/c1-15-8-5-6-12-18(15)13-7-11-17-14-16-9-3-2-4-10-16/h15-17H,2-14H2,1H3. The van der Waals surface area contributed by atoms with E-state index in [2.05, 4.69) is 17.1 Å². The van der Waals surface area contributed by atoms with Crippen LogP contribution in [0.15, 0.2) is 0 Å². The maximum atomic E-state index is 3.68. The van der Waals surface area contributed by atoms with Crippen LogP contribution in [0.25, 0.3) is 0 Å². The smallest absolute Gasteiger partial charge is 0.00669 e. The number of nitrogens with one attached hydrogen (secondary N) is 1. The molecule has 1 N–H and O–H groups in total. The topological polar surface area (TPSA) is 15.3 Å². The summed E-state index contributed by atoms with van der Waals surface area (Å²) in [6.07, 6.45) is 13.0. The fourth-order valence-corrected chi connectivity index (χ4v) is 3.59. The van der Waals surface area contributed by atoms with Crippen molar-refractivity contribution < 1.29 is 0 Å². The van der Waals surface area contributed by atoms with Gasteiger partial charge in [-0.1, -0.05) is 25.7 Å². The third-order valence-electron chi connectivity index (χ3n) is 4.90. The molecule has 0 bridgehead atoms. The summed E-state index contributed by atoms with van der Waals surface area (Å²) in [4.78, 5) is 2.69. The molecule has 18 heavy (non-hydrogen) atoms. The second-order valence-electron chi connectivity index (χ2n) is 6.44. The minimum Gasteiger partial charge on any atom is -0.316 e. The van der Waals surface area contributed by atoms with Gasteiger partial charge in [-0.15, -0.1) is 0 Å². The Kier molecular flexibility index (Phi) is 6.50. The molecule has 0 aromatic rings. The Morgan fingerprint density at radius 2 is 1.78 bits per heavy atom. The third-order valence-corrected chi connectivity index (χ3v) is 4.90. The Bertz CT molecular complexity index is 211. The van der Waals surface area contributed by atoms with E-state index >= 15 is 0 Å². The Morgan fingerprint density at radius 1 is 1.00 bits per heavy atom. The molecule has 1 aliphatic heterocycles. The van der Waals surface area contributed by atoms with Crippen molar-refractivity contribution in [1.82, 2.24) is 10.2 Å². The highest BCUT2D eigenvalue weighted by atomic mass is 15.2. The molecule has 0 spiro atoms. The van der Waals surface area contributed by atoms with Crippen LogP contribution in [0.3, 0.4) is 0 Å². The summed E-state index contributed by atoms with van der Waals surface area (Å²) >= 11 is 0. The zero-order chi connectivity index (χ0) is 12.6. The Morgan fingerprint density at radius 3 is 2.56 bits per heavy atom. The first-order valence-corrected chi connectivity index (χ1v) is 8.31. The first kappa shape index (κ1) is 14.3. The molecule has 0 amide bonds. The number of rotatable bonds is 6. The van der Waals surface area contributed by atoms with Crippen molar-refractivity contribution in [3.63, 3.8) is 0 Å². The second kappa shape index (κ2) is 8.16. The maximum Gasteiger partial charge on any atom is 0.00669 e. The minimum atomic E-state index is 0.831. The monoisotopic (exact) mass is 252 g/mol. The van der Waals surface area contributed by atoms with Crippen LogP contribution in [0.2, 0.25) is 0 Å². The van der Waals surface area contributed by atoms with Crippen molar-refractivity contribution in [2.45, 2.75) is 70.8 Å². The lowest BCUT2D eigenvalue weighted by Crippen LogP contribution is -2.39. The minimum absolute atomic E-state index is 0.831. The molecule has 2 heteroatoms. The van der Waals surface area contributed by atoms with Crippen molar-refractivity contribution in [3.8, 4) is 0 Å². The van der Waals surface area contributed by atoms with Crippen LogP contribution in [-0.4, -0.2) is 37.1 Å². The SMILES string of the molecule is CC1CCCCN1CCCNCC1CCCCC1. The summed E-state index contributed by atoms with van der Waals surface area (Å²) in [5.41, 5.74) is 0. The highest BCUT2D eigenvalue weighted by Crippen LogP contribution is 2.22. The number of likely N-dealkylation sites (tertiary alicyclic amines) is 1. The highest BCUT2D eigenvalue weighted by molar-refractivity contribution is 4.73. The zero-order valence-electron chi connectivity index (χ0n) is 12.3. The first-order valence-electron chi connectivity index (χ1n) is 8.31. The molecule has 1 saturated heterocycles. The van der Waals surface area contributed by atoms with E-state index in [1.165, 1.54) is 84.0 Å². The van der Waals surface area contributed by atoms with Crippen LogP contribution >= 0.6 is 0 Å². The Balaban J connectivity index is 1.47. The molecule has 2 aliphatic rings. The quantitative estimate of drug-likeness (QED) is 0.729. The lowest BCUT2D eigenvalue weighted by Gasteiger charge is -2.33. The van der Waals surface area contributed by atoms with Crippen molar-refractivity contribution in [3.05, 3.63) is 0 Å². The molecule has 1 aliphatic carbocycles. The van der Waals surface area contributed by atoms with Crippen LogP contribution in [0.1, 0.15) is 64.7 Å². The molecule has 2 fully saturated rings. The molecule has 1 saturated carbocycles. The zero-order valence-corrected chi connectivity index (χ0v) is 12.3. The fourth-order valence-electron chi connectivity index (χ4n) is 3.59. The normalized spacial score (nSPS) is 27.5. The van der Waals surface area contributed by atoms with Gasteiger partial charge >= 0.3 is 0 Å². The second-order valence-corrected chi connectivity index (χ2v) is 6.44. The molecule has 0 aromatic heterocycles. The van der Waals surface area contributed by atoms with E-state index < -0.39 is 0 Å². The number of piperidine rings is 1. The average molecular weight is 252 g/mol. The summed E-state index contributed by atoms with van der Waals surface area (Å²) in [7, 11) is 0. The van der Waals surface area contributed by atoms with Crippen LogP contribution in [0.5, 0.6) is 0 Å². The highest BCUT2D eigenvalue weighted by Gasteiger charge is 2.17. The summed E-state index contributed by atoms with van der Waals surface area (Å²) in [5.74, 6) is 0.979. The molecule has 0 aromatic carbocycles. The van der Waals surface area contributed by atoms with Crippen molar-refractivity contribution in [2.75, 3.05) is 26.2 Å². The van der Waals surface area contributed by atoms with E-state index in [9.17, 15) is 0 Å². The summed E-state index contributed by atoms with van der Waals surface area (Å²) < 4.78 is 0. The van der Waals surface area contributed by atoms with Gasteiger partial charge in [-0.2, -0.15) is 0 Å². The van der Waals surface area contributed by atoms with Gasteiger partial charge in [-0.05, 0) is 71.1 Å². The summed E-state index contributed by atoms with van der Waals surface area (Å²) in [6.45, 7) is 7.53. The predicted octanol–water partition coefficient (Wildman–Crippen LogP) is 3.42. The molecule has 106 valence electrons.